The van der Waals surface area contributed by atoms with Crippen LogP contribution in [0.25, 0.3) is 0 Å². The van der Waals surface area contributed by atoms with E-state index in [9.17, 15) is 0 Å². The second-order valence-corrected chi connectivity index (χ2v) is 10.4. The summed E-state index contributed by atoms with van der Waals surface area (Å²) in [4.78, 5) is 19.0. The molecular formula is C26H36N8O2. The molecule has 0 spiro atoms. The summed E-state index contributed by atoms with van der Waals surface area (Å²) in [6.07, 6.45) is 3.81. The van der Waals surface area contributed by atoms with E-state index in [4.69, 9.17) is 9.47 Å². The SMILES string of the molecule is C[C@H]1CN(C2COC2)CCN1c1ccc(N=Nc2ccc(N3CCN(C4COC4)C[C@@H]3C)cn2)nc1. The van der Waals surface area contributed by atoms with Crippen molar-refractivity contribution in [1.82, 2.24) is 19.8 Å². The highest BCUT2D eigenvalue weighted by Crippen LogP contribution is 2.26. The quantitative estimate of drug-likeness (QED) is 0.570. The van der Waals surface area contributed by atoms with Gasteiger partial charge in [0.1, 0.15) is 0 Å². The summed E-state index contributed by atoms with van der Waals surface area (Å²) in [6, 6.07) is 10.1. The maximum absolute atomic E-state index is 5.36. The Labute approximate surface area is 212 Å². The van der Waals surface area contributed by atoms with Gasteiger partial charge in [0.2, 0.25) is 0 Å². The molecule has 4 fully saturated rings. The molecule has 2 aromatic rings. The molecule has 0 N–H and O–H groups in total. The summed E-state index contributed by atoms with van der Waals surface area (Å²) >= 11 is 0. The van der Waals surface area contributed by atoms with Crippen molar-refractivity contribution < 1.29 is 9.47 Å². The maximum Gasteiger partial charge on any atom is 0.174 e. The number of hydrogen-bond acceptors (Lipinski definition) is 10. The topological polar surface area (TPSA) is 81.9 Å². The molecule has 10 heteroatoms. The summed E-state index contributed by atoms with van der Waals surface area (Å²) in [7, 11) is 0. The molecule has 0 aliphatic carbocycles. The van der Waals surface area contributed by atoms with Gasteiger partial charge in [-0.15, -0.1) is 10.2 Å². The number of anilines is 2. The fraction of sp³-hybridized carbons (Fsp3) is 0.615. The number of piperazine rings is 2. The van der Waals surface area contributed by atoms with E-state index in [0.717, 1.165) is 77.1 Å². The van der Waals surface area contributed by atoms with Gasteiger partial charge in [0.15, 0.2) is 11.6 Å². The van der Waals surface area contributed by atoms with Crippen molar-refractivity contribution in [2.75, 3.05) is 75.5 Å². The lowest BCUT2D eigenvalue weighted by molar-refractivity contribution is -0.0691. The number of pyridine rings is 2. The fourth-order valence-electron chi connectivity index (χ4n) is 5.59. The molecule has 2 atom stereocenters. The monoisotopic (exact) mass is 492 g/mol. The molecule has 2 aromatic heterocycles. The number of nitrogens with zero attached hydrogens (tertiary/aromatic N) is 8. The van der Waals surface area contributed by atoms with Gasteiger partial charge in [0, 0.05) is 51.4 Å². The van der Waals surface area contributed by atoms with Crippen LogP contribution in [0.5, 0.6) is 0 Å². The smallest absolute Gasteiger partial charge is 0.174 e. The lowest BCUT2D eigenvalue weighted by atomic mass is 10.1. The second kappa shape index (κ2) is 10.4. The molecule has 0 bridgehead atoms. The minimum Gasteiger partial charge on any atom is -0.378 e. The molecular weight excluding hydrogens is 456 g/mol. The molecule has 0 aromatic carbocycles. The van der Waals surface area contributed by atoms with E-state index in [1.807, 2.05) is 24.5 Å². The summed E-state index contributed by atoms with van der Waals surface area (Å²) in [5.41, 5.74) is 2.26. The van der Waals surface area contributed by atoms with Crippen LogP contribution in [0.3, 0.4) is 0 Å². The average molecular weight is 493 g/mol. The maximum atomic E-state index is 5.36. The van der Waals surface area contributed by atoms with Crippen LogP contribution in [-0.2, 0) is 9.47 Å². The van der Waals surface area contributed by atoms with E-state index in [2.05, 4.69) is 65.8 Å². The van der Waals surface area contributed by atoms with Crippen LogP contribution < -0.4 is 9.80 Å². The van der Waals surface area contributed by atoms with E-state index in [1.54, 1.807) is 0 Å². The number of rotatable bonds is 6. The van der Waals surface area contributed by atoms with E-state index >= 15 is 0 Å². The van der Waals surface area contributed by atoms with Crippen LogP contribution >= 0.6 is 0 Å². The first-order valence-corrected chi connectivity index (χ1v) is 13.1. The van der Waals surface area contributed by atoms with Gasteiger partial charge < -0.3 is 19.3 Å². The Hall–Kier alpha value is -2.66. The van der Waals surface area contributed by atoms with Crippen molar-refractivity contribution in [1.29, 1.82) is 0 Å². The standard InChI is InChI=1S/C26H36N8O2/c1-19-13-31(23-15-35-16-23)7-9-33(19)21-3-5-25(27-11-21)29-30-26-6-4-22(12-28-26)34-10-8-32(14-20(34)2)24-17-36-18-24/h3-6,11-12,19-20,23-24H,7-10,13-18H2,1-2H3/t19-,20-/m0/s1. The van der Waals surface area contributed by atoms with Gasteiger partial charge in [-0.1, -0.05) is 0 Å². The van der Waals surface area contributed by atoms with Crippen LogP contribution in [-0.4, -0.2) is 110 Å². The zero-order chi connectivity index (χ0) is 24.5. The zero-order valence-corrected chi connectivity index (χ0v) is 21.2. The van der Waals surface area contributed by atoms with Crippen LogP contribution in [0.4, 0.5) is 23.0 Å². The van der Waals surface area contributed by atoms with Crippen LogP contribution in [0.15, 0.2) is 46.9 Å². The van der Waals surface area contributed by atoms with Gasteiger partial charge in [-0.05, 0) is 38.1 Å². The van der Waals surface area contributed by atoms with E-state index < -0.39 is 0 Å². The summed E-state index contributed by atoms with van der Waals surface area (Å²) < 4.78 is 10.7. The summed E-state index contributed by atoms with van der Waals surface area (Å²) in [6.45, 7) is 14.3. The molecule has 4 aliphatic heterocycles. The van der Waals surface area contributed by atoms with Crippen molar-refractivity contribution in [3.63, 3.8) is 0 Å². The number of ether oxygens (including phenoxy) is 2. The number of azo groups is 1. The van der Waals surface area contributed by atoms with Gasteiger partial charge in [-0.2, -0.15) is 0 Å². The molecule has 0 saturated carbocycles. The predicted molar refractivity (Wildman–Crippen MR) is 139 cm³/mol. The van der Waals surface area contributed by atoms with Crippen LogP contribution in [0.2, 0.25) is 0 Å². The Bertz CT molecular complexity index is 957. The predicted octanol–water partition coefficient (Wildman–Crippen LogP) is 2.71. The minimum atomic E-state index is 0.439. The average Bonchev–Trinajstić information content (AvgIpc) is 2.82. The molecule has 192 valence electrons. The van der Waals surface area contributed by atoms with E-state index in [1.165, 1.54) is 0 Å². The Morgan fingerprint density at radius 3 is 1.42 bits per heavy atom. The van der Waals surface area contributed by atoms with Gasteiger partial charge >= 0.3 is 0 Å². The lowest BCUT2D eigenvalue weighted by Crippen LogP contribution is -2.59. The van der Waals surface area contributed by atoms with Gasteiger partial charge in [-0.25, -0.2) is 9.97 Å². The summed E-state index contributed by atoms with van der Waals surface area (Å²) in [5, 5.41) is 8.63. The molecule has 4 aliphatic rings. The number of hydrogen-bond donors (Lipinski definition) is 0. The highest BCUT2D eigenvalue weighted by atomic mass is 16.5. The van der Waals surface area contributed by atoms with Crippen molar-refractivity contribution in [3.05, 3.63) is 36.7 Å². The van der Waals surface area contributed by atoms with Gasteiger partial charge in [0.25, 0.3) is 0 Å². The van der Waals surface area contributed by atoms with Crippen molar-refractivity contribution in [2.24, 2.45) is 10.2 Å². The van der Waals surface area contributed by atoms with Crippen LogP contribution in [0, 0.1) is 0 Å². The van der Waals surface area contributed by atoms with Crippen LogP contribution in [0.1, 0.15) is 13.8 Å². The van der Waals surface area contributed by atoms with Gasteiger partial charge in [0.05, 0.1) is 62.3 Å². The summed E-state index contributed by atoms with van der Waals surface area (Å²) in [5.74, 6) is 1.18. The molecule has 6 heterocycles. The van der Waals surface area contributed by atoms with E-state index in [0.29, 0.717) is 35.8 Å². The molecule has 10 nitrogen and oxygen atoms in total. The Morgan fingerprint density at radius 2 is 1.11 bits per heavy atom. The molecule has 0 amide bonds. The largest absolute Gasteiger partial charge is 0.378 e. The number of aromatic nitrogens is 2. The molecule has 6 rings (SSSR count). The molecule has 0 radical (unpaired) electrons. The normalized spacial score (nSPS) is 26.8. The molecule has 4 saturated heterocycles. The Morgan fingerprint density at radius 1 is 0.667 bits per heavy atom. The second-order valence-electron chi connectivity index (χ2n) is 10.4. The first-order valence-electron chi connectivity index (χ1n) is 13.1. The highest BCUT2D eigenvalue weighted by molar-refractivity contribution is 5.50. The molecule has 0 unspecified atom stereocenters. The lowest BCUT2D eigenvalue weighted by Gasteiger charge is -2.46. The zero-order valence-electron chi connectivity index (χ0n) is 21.2. The highest BCUT2D eigenvalue weighted by Gasteiger charge is 2.33. The third kappa shape index (κ3) is 4.95. The first-order chi connectivity index (χ1) is 17.6. The third-order valence-corrected chi connectivity index (χ3v) is 7.97. The Balaban J connectivity index is 1.03. The van der Waals surface area contributed by atoms with Crippen molar-refractivity contribution >= 4 is 23.0 Å². The van der Waals surface area contributed by atoms with Gasteiger partial charge in [-0.3, -0.25) is 9.80 Å². The molecule has 36 heavy (non-hydrogen) atoms. The fourth-order valence-corrected chi connectivity index (χ4v) is 5.59. The van der Waals surface area contributed by atoms with Crippen molar-refractivity contribution in [2.45, 2.75) is 38.0 Å². The van der Waals surface area contributed by atoms with Crippen molar-refractivity contribution in [3.8, 4) is 0 Å². The first kappa shape index (κ1) is 23.7. The third-order valence-electron chi connectivity index (χ3n) is 7.97. The van der Waals surface area contributed by atoms with E-state index in [-0.39, 0.29) is 0 Å². The Kier molecular flexibility index (Phi) is 6.83. The minimum absolute atomic E-state index is 0.439.